The third-order valence-electron chi connectivity index (χ3n) is 13.9. The maximum atomic E-state index is 14.7. The van der Waals surface area contributed by atoms with Crippen molar-refractivity contribution in [1.29, 1.82) is 0 Å². The number of carboxylic acid groups (broad SMARTS) is 1. The fourth-order valence-corrected chi connectivity index (χ4v) is 9.71. The third-order valence-corrected chi connectivity index (χ3v) is 14.3. The lowest BCUT2D eigenvalue weighted by Crippen LogP contribution is -2.61. The highest BCUT2D eigenvalue weighted by molar-refractivity contribution is 7.80. The summed E-state index contributed by atoms with van der Waals surface area (Å²) in [6.45, 7) is 1.94. The zero-order valence-corrected chi connectivity index (χ0v) is 45.9. The first-order valence-corrected chi connectivity index (χ1v) is 27.2. The molecule has 2 fully saturated rings. The number of likely N-dealkylation sites (tertiary alicyclic amines) is 2. The van der Waals surface area contributed by atoms with Gasteiger partial charge >= 0.3 is 5.97 Å². The molecule has 0 bridgehead atoms. The number of nitrogens with zero attached hydrogens (tertiary/aromatic N) is 2. The molecule has 0 spiro atoms. The molecule has 5 rings (SSSR count). The Morgan fingerprint density at radius 3 is 1.88 bits per heavy atom. The molecule has 3 heterocycles. The lowest BCUT2D eigenvalue weighted by atomic mass is 9.99. The van der Waals surface area contributed by atoms with E-state index >= 15 is 0 Å². The Hall–Kier alpha value is -8.11. The summed E-state index contributed by atoms with van der Waals surface area (Å²) < 4.78 is 0. The van der Waals surface area contributed by atoms with Crippen LogP contribution in [-0.4, -0.2) is 182 Å². The van der Waals surface area contributed by atoms with E-state index in [4.69, 9.17) is 17.2 Å². The lowest BCUT2D eigenvalue weighted by Gasteiger charge is -2.33. The van der Waals surface area contributed by atoms with Gasteiger partial charge in [0.1, 0.15) is 48.3 Å². The van der Waals surface area contributed by atoms with Crippen molar-refractivity contribution < 1.29 is 67.7 Å². The van der Waals surface area contributed by atoms with Crippen LogP contribution in [-0.2, 0) is 70.4 Å². The molecule has 11 amide bonds. The standard InChI is InChI=1S/C53H73N13O14S/c1-28(2)44(50(76)60-34(16-18-41(55)68)46(72)61-35(53(79)80)17-19-42(56)69)64-47(73)36(23-30-24-57-33-13-7-6-12-31(30)33)62-49(75)39-14-8-20-65(39)52(78)40-15-9-21-66(40)51(77)37(22-29-10-4-3-5-11-29)63-48(74)38(26-67)59-43(70)25-58-45(71)32(54)27-81/h3-7,10-13,24,28,32,34-40,44,57,67,81H,8-9,14-23,25-27,54H2,1-2H3,(H2,55,68)(H2,56,69)(H,58,71)(H,59,70)(H,60,76)(H,61,72)(H,62,75)(H,63,74)(H,64,73)(H,79,80)/t32-,34-,35-,36-,37-,38-,39-,40-,44-/m0/s1. The summed E-state index contributed by atoms with van der Waals surface area (Å²) in [5, 5.41) is 38.1. The molecule has 2 aliphatic rings. The highest BCUT2D eigenvalue weighted by Crippen LogP contribution is 2.27. The number of nitrogens with two attached hydrogens (primary N) is 3. The van der Waals surface area contributed by atoms with Crippen LogP contribution < -0.4 is 54.4 Å². The number of hydrogen-bond acceptors (Lipinski definition) is 15. The molecule has 2 aliphatic heterocycles. The number of amides is 11. The van der Waals surface area contributed by atoms with Gasteiger partial charge in [0, 0.05) is 61.6 Å². The molecule has 1 aromatic heterocycles. The normalized spacial score (nSPS) is 17.6. The van der Waals surface area contributed by atoms with Gasteiger partial charge in [-0.2, -0.15) is 12.6 Å². The van der Waals surface area contributed by atoms with Crippen molar-refractivity contribution in [3.63, 3.8) is 0 Å². The molecular weight excluding hydrogens is 1070 g/mol. The average Bonchev–Trinajstić information content (AvgIpc) is 4.25. The van der Waals surface area contributed by atoms with Crippen molar-refractivity contribution in [2.24, 2.45) is 23.1 Å². The van der Waals surface area contributed by atoms with Gasteiger partial charge in [-0.3, -0.25) is 52.7 Å². The van der Waals surface area contributed by atoms with Crippen molar-refractivity contribution in [2.45, 2.75) is 132 Å². The average molecular weight is 1150 g/mol. The van der Waals surface area contributed by atoms with E-state index < -0.39 is 151 Å². The first-order valence-electron chi connectivity index (χ1n) is 26.6. The van der Waals surface area contributed by atoms with E-state index in [1.54, 1.807) is 68.6 Å². The number of rotatable bonds is 30. The molecule has 0 aliphatic carbocycles. The van der Waals surface area contributed by atoms with Crippen LogP contribution >= 0.6 is 12.6 Å². The molecule has 27 nitrogen and oxygen atoms in total. The van der Waals surface area contributed by atoms with Crippen LogP contribution in [0, 0.1) is 5.92 Å². The Balaban J connectivity index is 1.35. The number of primary amides is 2. The van der Waals surface area contributed by atoms with E-state index in [2.05, 4.69) is 54.8 Å². The van der Waals surface area contributed by atoms with E-state index in [0.717, 1.165) is 10.9 Å². The molecule has 440 valence electrons. The Morgan fingerprint density at radius 2 is 1.25 bits per heavy atom. The second-order valence-corrected chi connectivity index (χ2v) is 20.6. The summed E-state index contributed by atoms with van der Waals surface area (Å²) >= 11 is 3.96. The summed E-state index contributed by atoms with van der Waals surface area (Å²) in [6, 6.07) is 3.86. The molecule has 0 unspecified atom stereocenters. The SMILES string of the molecule is CC(C)[C@H](NC(=O)[C@H](Cc1c[nH]c2ccccc12)NC(=O)[C@@H]1CCCN1C(=O)[C@@H]1CCCN1C(=O)[C@H](Cc1ccccc1)NC(=O)[C@H](CO)NC(=O)CNC(=O)[C@@H](N)CS)C(=O)N[C@@H](CCC(N)=O)C(=O)N[C@@H](CCC(N)=O)C(=O)O. The van der Waals surface area contributed by atoms with Crippen LogP contribution in [0.3, 0.4) is 0 Å². The summed E-state index contributed by atoms with van der Waals surface area (Å²) in [5.41, 5.74) is 18.1. The first kappa shape index (κ1) is 63.7. The number of benzene rings is 2. The highest BCUT2D eigenvalue weighted by Gasteiger charge is 2.45. The van der Waals surface area contributed by atoms with Crippen LogP contribution in [0.4, 0.5) is 0 Å². The maximum Gasteiger partial charge on any atom is 0.326 e. The van der Waals surface area contributed by atoms with Gasteiger partial charge in [0.2, 0.25) is 65.0 Å². The largest absolute Gasteiger partial charge is 0.480 e. The van der Waals surface area contributed by atoms with Gasteiger partial charge in [-0.05, 0) is 61.6 Å². The van der Waals surface area contributed by atoms with Gasteiger partial charge in [0.15, 0.2) is 0 Å². The van der Waals surface area contributed by atoms with Gasteiger partial charge in [-0.1, -0.05) is 62.4 Å². The minimum absolute atomic E-state index is 0.00561. The fourth-order valence-electron chi connectivity index (χ4n) is 9.54. The molecule has 0 radical (unpaired) electrons. The molecule has 16 N–H and O–H groups in total. The third kappa shape index (κ3) is 18.2. The number of thiol groups is 1. The molecule has 9 atom stereocenters. The molecule has 81 heavy (non-hydrogen) atoms. The first-order chi connectivity index (χ1) is 38.5. The molecular formula is C53H73N13O14S. The number of aliphatic hydroxyl groups excluding tert-OH is 1. The topological polar surface area (TPSA) is 430 Å². The van der Waals surface area contributed by atoms with Crippen molar-refractivity contribution in [1.82, 2.24) is 52.0 Å². The minimum atomic E-state index is -1.59. The number of para-hydroxylation sites is 1. The lowest BCUT2D eigenvalue weighted by molar-refractivity contribution is -0.148. The second-order valence-electron chi connectivity index (χ2n) is 20.3. The highest BCUT2D eigenvalue weighted by atomic mass is 32.1. The van der Waals surface area contributed by atoms with E-state index in [1.165, 1.54) is 9.80 Å². The minimum Gasteiger partial charge on any atom is -0.480 e. The Kier molecular flexibility index (Phi) is 24.0. The van der Waals surface area contributed by atoms with Gasteiger partial charge < -0.3 is 79.4 Å². The van der Waals surface area contributed by atoms with E-state index in [-0.39, 0.29) is 63.8 Å². The summed E-state index contributed by atoms with van der Waals surface area (Å²) in [5.74, 6) is -11.0. The number of nitrogens with one attached hydrogen (secondary N) is 8. The smallest absolute Gasteiger partial charge is 0.326 e. The summed E-state index contributed by atoms with van der Waals surface area (Å²) in [6.07, 6.45) is 1.06. The Morgan fingerprint density at radius 1 is 0.667 bits per heavy atom. The Labute approximate surface area is 472 Å². The second kappa shape index (κ2) is 30.5. The zero-order valence-electron chi connectivity index (χ0n) is 45.0. The predicted octanol–water partition coefficient (Wildman–Crippen LogP) is -3.52. The number of aromatic amines is 1. The number of carbonyl (C=O) groups is 12. The van der Waals surface area contributed by atoms with Crippen molar-refractivity contribution in [2.75, 3.05) is 32.0 Å². The number of H-pyrrole nitrogens is 1. The van der Waals surface area contributed by atoms with Crippen LogP contribution in [0.2, 0.25) is 0 Å². The monoisotopic (exact) mass is 1150 g/mol. The number of carbonyl (C=O) groups excluding carboxylic acids is 11. The molecule has 3 aromatic rings. The molecule has 2 saturated heterocycles. The number of hydrogen-bond donors (Lipinski definition) is 14. The maximum absolute atomic E-state index is 14.7. The van der Waals surface area contributed by atoms with Crippen LogP contribution in [0.25, 0.3) is 10.9 Å². The van der Waals surface area contributed by atoms with Gasteiger partial charge in [-0.25, -0.2) is 4.79 Å². The van der Waals surface area contributed by atoms with Gasteiger partial charge in [-0.15, -0.1) is 0 Å². The van der Waals surface area contributed by atoms with Gasteiger partial charge in [0.05, 0.1) is 19.2 Å². The number of aliphatic hydroxyl groups is 1. The number of fused-ring (bicyclic) bond motifs is 1. The zero-order chi connectivity index (χ0) is 59.5. The van der Waals surface area contributed by atoms with Gasteiger partial charge in [0.25, 0.3) is 0 Å². The Bertz CT molecular complexity index is 2780. The predicted molar refractivity (Wildman–Crippen MR) is 294 cm³/mol. The number of aromatic nitrogens is 1. The van der Waals surface area contributed by atoms with Crippen molar-refractivity contribution >= 4 is 94.5 Å². The molecule has 2 aromatic carbocycles. The number of aliphatic carboxylic acids is 1. The summed E-state index contributed by atoms with van der Waals surface area (Å²) in [4.78, 5) is 166. The molecule has 28 heteroatoms. The fraction of sp³-hybridized carbons (Fsp3) is 0.509. The van der Waals surface area contributed by atoms with E-state index in [9.17, 15) is 67.7 Å². The van der Waals surface area contributed by atoms with Crippen LogP contribution in [0.5, 0.6) is 0 Å². The van der Waals surface area contributed by atoms with E-state index in [0.29, 0.717) is 24.0 Å². The quantitative estimate of drug-likeness (QED) is 0.0288. The summed E-state index contributed by atoms with van der Waals surface area (Å²) in [7, 11) is 0. The van der Waals surface area contributed by atoms with Crippen molar-refractivity contribution in [3.8, 4) is 0 Å². The van der Waals surface area contributed by atoms with Crippen LogP contribution in [0.15, 0.2) is 60.8 Å². The molecule has 0 saturated carbocycles. The van der Waals surface area contributed by atoms with E-state index in [1.807, 2.05) is 6.07 Å². The van der Waals surface area contributed by atoms with Crippen molar-refractivity contribution in [3.05, 3.63) is 71.9 Å². The van der Waals surface area contributed by atoms with Crippen LogP contribution in [0.1, 0.15) is 76.3 Å². The number of carboxylic acids is 1.